The van der Waals surface area contributed by atoms with E-state index >= 15 is 0 Å². The third-order valence-electron chi connectivity index (χ3n) is 2.23. The van der Waals surface area contributed by atoms with E-state index < -0.39 is 0 Å². The Labute approximate surface area is 89.9 Å². The van der Waals surface area contributed by atoms with Gasteiger partial charge in [0.1, 0.15) is 0 Å². The summed E-state index contributed by atoms with van der Waals surface area (Å²) in [6, 6.07) is 7.99. The molecule has 0 radical (unpaired) electrons. The van der Waals surface area contributed by atoms with Gasteiger partial charge in [-0.1, -0.05) is 37.1 Å². The second-order valence-electron chi connectivity index (χ2n) is 3.26. The van der Waals surface area contributed by atoms with Crippen molar-refractivity contribution in [1.29, 1.82) is 0 Å². The molecule has 0 N–H and O–H groups in total. The summed E-state index contributed by atoms with van der Waals surface area (Å²) in [4.78, 5) is 0. The highest BCUT2D eigenvalue weighted by molar-refractivity contribution is 6.30. The van der Waals surface area contributed by atoms with Gasteiger partial charge in [-0.3, -0.25) is 0 Å². The molecule has 13 heavy (non-hydrogen) atoms. The minimum absolute atomic E-state index is 0.586. The minimum Gasteiger partial charge on any atom is -0.126 e. The van der Waals surface area contributed by atoms with Crippen LogP contribution in [0.5, 0.6) is 0 Å². The van der Waals surface area contributed by atoms with E-state index in [0.29, 0.717) is 5.92 Å². The second kappa shape index (κ2) is 5.51. The Kier molecular flexibility index (Phi) is 4.61. The number of hydrogen-bond donors (Lipinski definition) is 0. The molecule has 1 unspecified atom stereocenters. The van der Waals surface area contributed by atoms with Crippen molar-refractivity contribution < 1.29 is 0 Å². The largest absolute Gasteiger partial charge is 0.126 e. The van der Waals surface area contributed by atoms with E-state index in [1.807, 2.05) is 12.1 Å². The van der Waals surface area contributed by atoms with Crippen LogP contribution in [0.1, 0.15) is 18.9 Å². The highest BCUT2D eigenvalue weighted by Crippen LogP contribution is 2.16. The van der Waals surface area contributed by atoms with Crippen molar-refractivity contribution in [3.05, 3.63) is 34.9 Å². The molecular weight excluding hydrogens is 203 g/mol. The van der Waals surface area contributed by atoms with Gasteiger partial charge in [0.25, 0.3) is 0 Å². The lowest BCUT2D eigenvalue weighted by molar-refractivity contribution is 0.567. The van der Waals surface area contributed by atoms with Gasteiger partial charge in [-0.25, -0.2) is 0 Å². The van der Waals surface area contributed by atoms with Crippen LogP contribution in [0.15, 0.2) is 24.3 Å². The zero-order valence-electron chi connectivity index (χ0n) is 7.76. The molecule has 0 aliphatic heterocycles. The summed E-state index contributed by atoms with van der Waals surface area (Å²) in [5, 5.41) is 0.794. The Bertz CT molecular complexity index is 237. The molecule has 0 fully saturated rings. The summed E-state index contributed by atoms with van der Waals surface area (Å²) in [6.45, 7) is 2.17. The normalized spacial score (nSPS) is 12.8. The van der Waals surface area contributed by atoms with Crippen molar-refractivity contribution >= 4 is 23.2 Å². The molecule has 0 nitrogen and oxygen atoms in total. The second-order valence-corrected chi connectivity index (χ2v) is 4.00. The van der Waals surface area contributed by atoms with E-state index in [2.05, 4.69) is 19.1 Å². The third kappa shape index (κ3) is 3.58. The van der Waals surface area contributed by atoms with Crippen LogP contribution in [0.4, 0.5) is 0 Å². The van der Waals surface area contributed by atoms with E-state index in [-0.39, 0.29) is 0 Å². The summed E-state index contributed by atoms with van der Waals surface area (Å²) in [7, 11) is 0. The van der Waals surface area contributed by atoms with E-state index in [4.69, 9.17) is 23.2 Å². The van der Waals surface area contributed by atoms with Crippen LogP contribution in [-0.2, 0) is 6.42 Å². The summed E-state index contributed by atoms with van der Waals surface area (Å²) in [6.07, 6.45) is 2.18. The van der Waals surface area contributed by atoms with Crippen LogP contribution in [0.25, 0.3) is 0 Å². The molecule has 0 saturated heterocycles. The molecule has 0 spiro atoms. The first-order valence-corrected chi connectivity index (χ1v) is 5.48. The fourth-order valence-electron chi connectivity index (χ4n) is 1.26. The van der Waals surface area contributed by atoms with Crippen molar-refractivity contribution in [2.75, 3.05) is 5.88 Å². The van der Waals surface area contributed by atoms with Gasteiger partial charge in [0, 0.05) is 10.9 Å². The maximum absolute atomic E-state index is 5.82. The fourth-order valence-corrected chi connectivity index (χ4v) is 1.72. The van der Waals surface area contributed by atoms with Crippen molar-refractivity contribution in [3.8, 4) is 0 Å². The predicted octanol–water partition coefficient (Wildman–Crippen LogP) is 4.15. The van der Waals surface area contributed by atoms with E-state index in [9.17, 15) is 0 Å². The molecule has 0 bridgehead atoms. The first kappa shape index (κ1) is 10.9. The van der Waals surface area contributed by atoms with Gasteiger partial charge in [-0.2, -0.15) is 0 Å². The third-order valence-corrected chi connectivity index (χ3v) is 2.92. The summed E-state index contributed by atoms with van der Waals surface area (Å²) in [5.41, 5.74) is 1.32. The SMILES string of the molecule is CCC(CCl)Cc1ccc(Cl)cc1. The molecule has 1 aromatic rings. The first-order chi connectivity index (χ1) is 6.26. The van der Waals surface area contributed by atoms with Crippen molar-refractivity contribution in [2.45, 2.75) is 19.8 Å². The average Bonchev–Trinajstić information content (AvgIpc) is 2.17. The van der Waals surface area contributed by atoms with Gasteiger partial charge >= 0.3 is 0 Å². The van der Waals surface area contributed by atoms with Gasteiger partial charge in [0.05, 0.1) is 0 Å². The number of benzene rings is 1. The van der Waals surface area contributed by atoms with Crippen LogP contribution < -0.4 is 0 Å². The van der Waals surface area contributed by atoms with Gasteiger partial charge < -0.3 is 0 Å². The Morgan fingerprint density at radius 1 is 1.23 bits per heavy atom. The fraction of sp³-hybridized carbons (Fsp3) is 0.455. The highest BCUT2D eigenvalue weighted by Gasteiger charge is 2.05. The van der Waals surface area contributed by atoms with Crippen LogP contribution in [0.3, 0.4) is 0 Å². The maximum Gasteiger partial charge on any atom is 0.0406 e. The van der Waals surface area contributed by atoms with Gasteiger partial charge in [-0.05, 0) is 30.0 Å². The molecular formula is C11H14Cl2. The topological polar surface area (TPSA) is 0 Å². The number of hydrogen-bond acceptors (Lipinski definition) is 0. The van der Waals surface area contributed by atoms with Gasteiger partial charge in [0.2, 0.25) is 0 Å². The van der Waals surface area contributed by atoms with Crippen molar-refractivity contribution in [2.24, 2.45) is 5.92 Å². The Morgan fingerprint density at radius 3 is 2.31 bits per heavy atom. The predicted molar refractivity (Wildman–Crippen MR) is 59.7 cm³/mol. The van der Waals surface area contributed by atoms with Crippen molar-refractivity contribution in [1.82, 2.24) is 0 Å². The zero-order chi connectivity index (χ0) is 9.68. The molecule has 2 heteroatoms. The Hall–Kier alpha value is -0.200. The Balaban J connectivity index is 2.58. The van der Waals surface area contributed by atoms with E-state index in [1.54, 1.807) is 0 Å². The van der Waals surface area contributed by atoms with Crippen LogP contribution >= 0.6 is 23.2 Å². The lowest BCUT2D eigenvalue weighted by atomic mass is 9.99. The molecule has 1 atom stereocenters. The summed E-state index contributed by atoms with van der Waals surface area (Å²) < 4.78 is 0. The molecule has 0 saturated carbocycles. The first-order valence-electron chi connectivity index (χ1n) is 4.56. The standard InChI is InChI=1S/C11H14Cl2/c1-2-9(8-12)7-10-3-5-11(13)6-4-10/h3-6,9H,2,7-8H2,1H3. The molecule has 72 valence electrons. The molecule has 0 heterocycles. The van der Waals surface area contributed by atoms with Crippen LogP contribution in [0.2, 0.25) is 5.02 Å². The maximum atomic E-state index is 5.82. The molecule has 1 rings (SSSR count). The lowest BCUT2D eigenvalue weighted by Gasteiger charge is -2.10. The smallest absolute Gasteiger partial charge is 0.0406 e. The monoisotopic (exact) mass is 216 g/mol. The lowest BCUT2D eigenvalue weighted by Crippen LogP contribution is -2.04. The molecule has 0 aliphatic carbocycles. The van der Waals surface area contributed by atoms with Gasteiger partial charge in [0.15, 0.2) is 0 Å². The highest BCUT2D eigenvalue weighted by atomic mass is 35.5. The average molecular weight is 217 g/mol. The number of alkyl halides is 1. The molecule has 0 aliphatic rings. The molecule has 0 amide bonds. The van der Waals surface area contributed by atoms with Crippen LogP contribution in [-0.4, -0.2) is 5.88 Å². The molecule has 1 aromatic carbocycles. The van der Waals surface area contributed by atoms with Crippen molar-refractivity contribution in [3.63, 3.8) is 0 Å². The Morgan fingerprint density at radius 2 is 1.85 bits per heavy atom. The zero-order valence-corrected chi connectivity index (χ0v) is 9.28. The van der Waals surface area contributed by atoms with Crippen LogP contribution in [0, 0.1) is 5.92 Å². The summed E-state index contributed by atoms with van der Waals surface area (Å²) >= 11 is 11.6. The summed E-state index contributed by atoms with van der Waals surface area (Å²) in [5.74, 6) is 1.32. The number of halogens is 2. The minimum atomic E-state index is 0.586. The van der Waals surface area contributed by atoms with E-state index in [1.165, 1.54) is 5.56 Å². The molecule has 0 aromatic heterocycles. The van der Waals surface area contributed by atoms with Gasteiger partial charge in [-0.15, -0.1) is 11.6 Å². The quantitative estimate of drug-likeness (QED) is 0.664. The van der Waals surface area contributed by atoms with E-state index in [0.717, 1.165) is 23.7 Å². The number of rotatable bonds is 4.